The fourth-order valence-corrected chi connectivity index (χ4v) is 7.49. The zero-order valence-corrected chi connectivity index (χ0v) is 27.8. The van der Waals surface area contributed by atoms with E-state index in [9.17, 15) is 34.0 Å². The summed E-state index contributed by atoms with van der Waals surface area (Å²) in [5.41, 5.74) is 0.0992. The Balaban J connectivity index is 0.951. The van der Waals surface area contributed by atoms with Gasteiger partial charge in [-0.2, -0.15) is 0 Å². The fourth-order valence-electron chi connectivity index (χ4n) is 7.39. The summed E-state index contributed by atoms with van der Waals surface area (Å²) in [4.78, 5) is 25.1. The molecule has 2 aliphatic heterocycles. The van der Waals surface area contributed by atoms with Crippen molar-refractivity contribution in [1.82, 2.24) is 14.9 Å². The number of halogens is 3. The third kappa shape index (κ3) is 9.10. The molecule has 48 heavy (non-hydrogen) atoms. The summed E-state index contributed by atoms with van der Waals surface area (Å²) in [5, 5.41) is 48.5. The van der Waals surface area contributed by atoms with E-state index in [1.54, 1.807) is 12.4 Å². The number of aliphatic hydroxyl groups is 5. The van der Waals surface area contributed by atoms with E-state index in [0.717, 1.165) is 56.9 Å². The molecular formula is C34H47ClF2N4O7. The molecule has 1 amide bonds. The second kappa shape index (κ2) is 16.4. The number of aliphatic hydroxyl groups excluding tert-OH is 5. The number of aromatic nitrogens is 2. The second-order valence-corrected chi connectivity index (χ2v) is 14.3. The molecule has 11 nitrogen and oxygen atoms in total. The van der Waals surface area contributed by atoms with Crippen LogP contribution >= 0.6 is 11.6 Å². The number of carbonyl (C=O) groups is 1. The first-order valence-corrected chi connectivity index (χ1v) is 17.3. The lowest BCUT2D eigenvalue weighted by molar-refractivity contribution is -0.137. The van der Waals surface area contributed by atoms with Gasteiger partial charge in [-0.25, -0.2) is 18.7 Å². The summed E-state index contributed by atoms with van der Waals surface area (Å²) in [6.07, 6.45) is 4.45. The molecule has 2 aromatic rings. The minimum absolute atomic E-state index is 0.109. The van der Waals surface area contributed by atoms with Gasteiger partial charge in [0.2, 0.25) is 11.9 Å². The van der Waals surface area contributed by atoms with E-state index >= 15 is 0 Å². The van der Waals surface area contributed by atoms with E-state index < -0.39 is 49.1 Å². The number of rotatable bonds is 16. The molecule has 0 unspecified atom stereocenters. The standard InChI is InChI=1S/C34H47ClF2N4O7/c35-23-16-38-33(39-17-23)40-8-6-34(7-9-40)14-21(15-34)4-2-10-48-24-11-26(36)25(27(37)12-24)13-30(45)41-18-22(19-41)3-1-5-28(43)31(46)32(47)29(44)20-42/h11-12,16-17,21-22,28-29,31-32,42-44,46-47H,1-10,13-15,18-20H2/t28-,29+,31+,32+/m0/s1. The van der Waals surface area contributed by atoms with Gasteiger partial charge in [-0.1, -0.05) is 18.0 Å². The van der Waals surface area contributed by atoms with Crippen molar-refractivity contribution in [2.45, 2.75) is 88.6 Å². The van der Waals surface area contributed by atoms with Crippen LogP contribution in [0.2, 0.25) is 5.02 Å². The Bertz CT molecular complexity index is 1330. The van der Waals surface area contributed by atoms with Crippen molar-refractivity contribution in [3.63, 3.8) is 0 Å². The summed E-state index contributed by atoms with van der Waals surface area (Å²) < 4.78 is 35.3. The van der Waals surface area contributed by atoms with Gasteiger partial charge in [-0.3, -0.25) is 4.79 Å². The highest BCUT2D eigenvalue weighted by atomic mass is 35.5. The normalized spacial score (nSPS) is 20.6. The number of amides is 1. The zero-order valence-electron chi connectivity index (χ0n) is 27.1. The van der Waals surface area contributed by atoms with Crippen molar-refractivity contribution in [1.29, 1.82) is 0 Å². The van der Waals surface area contributed by atoms with Crippen LogP contribution in [0.25, 0.3) is 0 Å². The SMILES string of the molecule is O=C(Cc1c(F)cc(OCCCC2CC3(CCN(c4ncc(Cl)cn4)CC3)C2)cc1F)N1CC(CCC[C@H](O)[C@@H](O)[C@H](O)[C@H](O)CO)C1. The maximum absolute atomic E-state index is 14.8. The molecule has 4 atom stereocenters. The number of anilines is 1. The number of benzene rings is 1. The minimum atomic E-state index is -1.66. The topological polar surface area (TPSA) is 160 Å². The number of likely N-dealkylation sites (tertiary alicyclic amines) is 1. The lowest BCUT2D eigenvalue weighted by Crippen LogP contribution is -2.50. The number of hydrogen-bond acceptors (Lipinski definition) is 10. The summed E-state index contributed by atoms with van der Waals surface area (Å²) in [7, 11) is 0. The third-order valence-electron chi connectivity index (χ3n) is 10.4. The lowest BCUT2D eigenvalue weighted by atomic mass is 9.56. The number of hydrogen-bond donors (Lipinski definition) is 5. The number of piperidine rings is 1. The van der Waals surface area contributed by atoms with Crippen molar-refractivity contribution < 1.29 is 43.8 Å². The van der Waals surface area contributed by atoms with Gasteiger partial charge in [0.1, 0.15) is 35.7 Å². The molecule has 5 N–H and O–H groups in total. The summed E-state index contributed by atoms with van der Waals surface area (Å²) in [6, 6.07) is 2.27. The molecule has 0 radical (unpaired) electrons. The lowest BCUT2D eigenvalue weighted by Gasteiger charge is -2.52. The average molecular weight is 697 g/mol. The van der Waals surface area contributed by atoms with Gasteiger partial charge in [0.25, 0.3) is 0 Å². The molecule has 266 valence electrons. The quantitative estimate of drug-likeness (QED) is 0.165. The van der Waals surface area contributed by atoms with E-state index in [1.807, 2.05) is 0 Å². The maximum Gasteiger partial charge on any atom is 0.227 e. The molecule has 5 rings (SSSR count). The van der Waals surface area contributed by atoms with Crippen LogP contribution in [-0.2, 0) is 11.2 Å². The van der Waals surface area contributed by atoms with Gasteiger partial charge >= 0.3 is 0 Å². The molecule has 14 heteroatoms. The van der Waals surface area contributed by atoms with Gasteiger partial charge in [0.05, 0.1) is 43.2 Å². The Hall–Kier alpha value is -2.68. The van der Waals surface area contributed by atoms with Crippen LogP contribution in [0.15, 0.2) is 24.5 Å². The second-order valence-electron chi connectivity index (χ2n) is 13.9. The Morgan fingerprint density at radius 2 is 1.56 bits per heavy atom. The molecule has 1 aliphatic carbocycles. The largest absolute Gasteiger partial charge is 0.493 e. The van der Waals surface area contributed by atoms with Crippen molar-refractivity contribution in [3.8, 4) is 5.75 Å². The van der Waals surface area contributed by atoms with Crippen LogP contribution in [0.5, 0.6) is 5.75 Å². The van der Waals surface area contributed by atoms with Crippen LogP contribution in [0.4, 0.5) is 14.7 Å². The van der Waals surface area contributed by atoms with Crippen molar-refractivity contribution in [3.05, 3.63) is 46.7 Å². The smallest absolute Gasteiger partial charge is 0.227 e. The summed E-state index contributed by atoms with van der Waals surface area (Å²) in [6.45, 7) is 2.33. The Morgan fingerprint density at radius 1 is 0.958 bits per heavy atom. The van der Waals surface area contributed by atoms with Crippen LogP contribution in [0.3, 0.4) is 0 Å². The fraction of sp³-hybridized carbons (Fsp3) is 0.676. The van der Waals surface area contributed by atoms with Gasteiger partial charge in [-0.05, 0) is 68.6 Å². The van der Waals surface area contributed by atoms with E-state index in [0.29, 0.717) is 48.9 Å². The molecule has 3 fully saturated rings. The number of nitrogens with zero attached hydrogens (tertiary/aromatic N) is 4. The highest BCUT2D eigenvalue weighted by Crippen LogP contribution is 2.54. The highest BCUT2D eigenvalue weighted by Gasteiger charge is 2.45. The van der Waals surface area contributed by atoms with Crippen molar-refractivity contribution in [2.75, 3.05) is 44.3 Å². The molecule has 0 bridgehead atoms. The predicted molar refractivity (Wildman–Crippen MR) is 173 cm³/mol. The first kappa shape index (κ1) is 36.6. The minimum Gasteiger partial charge on any atom is -0.493 e. The van der Waals surface area contributed by atoms with Crippen LogP contribution in [-0.4, -0.2) is 110 Å². The monoisotopic (exact) mass is 696 g/mol. The molecule has 3 heterocycles. The molecule has 1 saturated carbocycles. The Labute approximate surface area is 284 Å². The van der Waals surface area contributed by atoms with Crippen LogP contribution < -0.4 is 9.64 Å². The van der Waals surface area contributed by atoms with Gasteiger partial charge in [0.15, 0.2) is 0 Å². The van der Waals surface area contributed by atoms with Gasteiger partial charge < -0.3 is 40.1 Å². The van der Waals surface area contributed by atoms with Crippen LogP contribution in [0, 0.1) is 28.9 Å². The third-order valence-corrected chi connectivity index (χ3v) is 10.6. The van der Waals surface area contributed by atoms with E-state index in [4.69, 9.17) is 21.4 Å². The van der Waals surface area contributed by atoms with E-state index in [2.05, 4.69) is 14.9 Å². The van der Waals surface area contributed by atoms with Gasteiger partial charge in [0, 0.05) is 43.9 Å². The first-order chi connectivity index (χ1) is 23.0. The van der Waals surface area contributed by atoms with Crippen molar-refractivity contribution in [2.24, 2.45) is 17.3 Å². The molecule has 3 aliphatic rings. The molecular weight excluding hydrogens is 650 g/mol. The molecule has 1 aromatic heterocycles. The van der Waals surface area contributed by atoms with E-state index in [-0.39, 0.29) is 29.6 Å². The average Bonchev–Trinajstić information content (AvgIpc) is 3.04. The summed E-state index contributed by atoms with van der Waals surface area (Å²) >= 11 is 5.90. The Kier molecular flexibility index (Phi) is 12.5. The first-order valence-electron chi connectivity index (χ1n) is 16.9. The zero-order chi connectivity index (χ0) is 34.4. The molecule has 2 saturated heterocycles. The maximum atomic E-state index is 14.8. The number of carbonyl (C=O) groups excluding carboxylic acids is 1. The van der Waals surface area contributed by atoms with Crippen molar-refractivity contribution >= 4 is 23.5 Å². The summed E-state index contributed by atoms with van der Waals surface area (Å²) in [5.74, 6) is -0.399. The van der Waals surface area contributed by atoms with Crippen LogP contribution in [0.1, 0.15) is 63.4 Å². The number of ether oxygens (including phenoxy) is 1. The molecule has 1 spiro atoms. The highest BCUT2D eigenvalue weighted by molar-refractivity contribution is 6.30. The predicted octanol–water partition coefficient (Wildman–Crippen LogP) is 2.87. The van der Waals surface area contributed by atoms with Gasteiger partial charge in [-0.15, -0.1) is 0 Å². The molecule has 1 aromatic carbocycles. The Morgan fingerprint density at radius 3 is 2.19 bits per heavy atom. The van der Waals surface area contributed by atoms with E-state index in [1.165, 1.54) is 17.7 Å².